The highest BCUT2D eigenvalue weighted by Crippen LogP contribution is 2.15. The maximum Gasteiger partial charge on any atom is 0.226 e. The summed E-state index contributed by atoms with van der Waals surface area (Å²) in [6.07, 6.45) is 0. The van der Waals surface area contributed by atoms with Gasteiger partial charge in [0.05, 0.1) is 12.5 Å². The van der Waals surface area contributed by atoms with Gasteiger partial charge >= 0.3 is 0 Å². The molecule has 1 aromatic carbocycles. The van der Waals surface area contributed by atoms with E-state index >= 15 is 0 Å². The predicted octanol–water partition coefficient (Wildman–Crippen LogP) is 2.16. The number of ether oxygens (including phenoxy) is 1. The second-order valence-corrected chi connectivity index (χ2v) is 5.15. The Bertz CT molecular complexity index is 406. The first kappa shape index (κ1) is 15.8. The molecule has 0 saturated carbocycles. The zero-order valence-corrected chi connectivity index (χ0v) is 12.4. The van der Waals surface area contributed by atoms with Gasteiger partial charge in [-0.05, 0) is 31.2 Å². The number of nitrogens with two attached hydrogens (primary N) is 1. The zero-order chi connectivity index (χ0) is 14.4. The van der Waals surface area contributed by atoms with Crippen molar-refractivity contribution >= 4 is 17.5 Å². The lowest BCUT2D eigenvalue weighted by Crippen LogP contribution is -2.41. The van der Waals surface area contributed by atoms with E-state index in [1.165, 1.54) is 0 Å². The molecule has 2 unspecified atom stereocenters. The van der Waals surface area contributed by atoms with Crippen molar-refractivity contribution in [2.24, 2.45) is 11.7 Å². The molecule has 2 atom stereocenters. The molecular formula is C14H21ClN2O2. The molecule has 106 valence electrons. The summed E-state index contributed by atoms with van der Waals surface area (Å²) in [7, 11) is 1.76. The summed E-state index contributed by atoms with van der Waals surface area (Å²) >= 11 is 5.78. The first-order valence-electron chi connectivity index (χ1n) is 6.30. The lowest BCUT2D eigenvalue weighted by molar-refractivity contribution is -0.134. The third-order valence-electron chi connectivity index (χ3n) is 3.06. The third-order valence-corrected chi connectivity index (χ3v) is 3.32. The van der Waals surface area contributed by atoms with Crippen molar-refractivity contribution in [1.82, 2.24) is 4.90 Å². The van der Waals surface area contributed by atoms with E-state index in [1.807, 2.05) is 13.8 Å². The average Bonchev–Trinajstić information content (AvgIpc) is 2.39. The SMILES string of the molecule is CC(N)C(C)C(=O)N(C)CCOc1ccc(Cl)cc1. The van der Waals surface area contributed by atoms with Crippen molar-refractivity contribution in [3.63, 3.8) is 0 Å². The maximum absolute atomic E-state index is 11.9. The smallest absolute Gasteiger partial charge is 0.226 e. The molecule has 0 radical (unpaired) electrons. The van der Waals surface area contributed by atoms with Gasteiger partial charge in [0, 0.05) is 18.1 Å². The summed E-state index contributed by atoms with van der Waals surface area (Å²) in [4.78, 5) is 13.6. The summed E-state index contributed by atoms with van der Waals surface area (Å²) in [6.45, 7) is 4.64. The van der Waals surface area contributed by atoms with Crippen molar-refractivity contribution in [2.75, 3.05) is 20.2 Å². The van der Waals surface area contributed by atoms with Gasteiger partial charge in [0.2, 0.25) is 5.91 Å². The molecule has 19 heavy (non-hydrogen) atoms. The van der Waals surface area contributed by atoms with Crippen molar-refractivity contribution in [3.8, 4) is 5.75 Å². The predicted molar refractivity (Wildman–Crippen MR) is 77.4 cm³/mol. The number of carbonyl (C=O) groups is 1. The second-order valence-electron chi connectivity index (χ2n) is 4.71. The Labute approximate surface area is 119 Å². The van der Waals surface area contributed by atoms with Crippen molar-refractivity contribution in [1.29, 1.82) is 0 Å². The van der Waals surface area contributed by atoms with E-state index in [0.717, 1.165) is 5.75 Å². The fraction of sp³-hybridized carbons (Fsp3) is 0.500. The van der Waals surface area contributed by atoms with Gasteiger partial charge < -0.3 is 15.4 Å². The van der Waals surface area contributed by atoms with Crippen molar-refractivity contribution < 1.29 is 9.53 Å². The number of benzene rings is 1. The molecule has 2 N–H and O–H groups in total. The topological polar surface area (TPSA) is 55.6 Å². The highest BCUT2D eigenvalue weighted by Gasteiger charge is 2.20. The Morgan fingerprint density at radius 1 is 1.37 bits per heavy atom. The molecule has 1 amide bonds. The van der Waals surface area contributed by atoms with Crippen LogP contribution >= 0.6 is 11.6 Å². The monoisotopic (exact) mass is 284 g/mol. The van der Waals surface area contributed by atoms with Crippen LogP contribution in [-0.4, -0.2) is 37.0 Å². The number of hydrogen-bond acceptors (Lipinski definition) is 3. The van der Waals surface area contributed by atoms with Crippen LogP contribution < -0.4 is 10.5 Å². The molecule has 0 heterocycles. The van der Waals surface area contributed by atoms with Crippen LogP contribution in [0, 0.1) is 5.92 Å². The number of rotatable bonds is 6. The van der Waals surface area contributed by atoms with Crippen LogP contribution in [-0.2, 0) is 4.79 Å². The molecule has 0 aliphatic carbocycles. The molecule has 1 rings (SSSR count). The van der Waals surface area contributed by atoms with Gasteiger partial charge in [0.15, 0.2) is 0 Å². The number of likely N-dealkylation sites (N-methyl/N-ethyl adjacent to an activating group) is 1. The fourth-order valence-electron chi connectivity index (χ4n) is 1.51. The molecule has 4 nitrogen and oxygen atoms in total. The molecule has 0 aliphatic rings. The maximum atomic E-state index is 11.9. The van der Waals surface area contributed by atoms with E-state index in [1.54, 1.807) is 36.2 Å². The normalized spacial score (nSPS) is 13.7. The highest BCUT2D eigenvalue weighted by atomic mass is 35.5. The van der Waals surface area contributed by atoms with Gasteiger partial charge in [0.1, 0.15) is 12.4 Å². The van der Waals surface area contributed by atoms with E-state index < -0.39 is 0 Å². The molecule has 0 bridgehead atoms. The van der Waals surface area contributed by atoms with Crippen LogP contribution in [0.2, 0.25) is 5.02 Å². The first-order chi connectivity index (χ1) is 8.91. The van der Waals surface area contributed by atoms with Gasteiger partial charge in [-0.15, -0.1) is 0 Å². The first-order valence-corrected chi connectivity index (χ1v) is 6.68. The molecule has 0 fully saturated rings. The number of nitrogens with zero attached hydrogens (tertiary/aromatic N) is 1. The quantitative estimate of drug-likeness (QED) is 0.871. The number of carbonyl (C=O) groups excluding carboxylic acids is 1. The lowest BCUT2D eigenvalue weighted by atomic mass is 10.0. The molecule has 5 heteroatoms. The third kappa shape index (κ3) is 5.09. The average molecular weight is 285 g/mol. The Morgan fingerprint density at radius 2 is 1.95 bits per heavy atom. The zero-order valence-electron chi connectivity index (χ0n) is 11.6. The van der Waals surface area contributed by atoms with Crippen LogP contribution in [0.15, 0.2) is 24.3 Å². The number of hydrogen-bond donors (Lipinski definition) is 1. The fourth-order valence-corrected chi connectivity index (χ4v) is 1.64. The summed E-state index contributed by atoms with van der Waals surface area (Å²) < 4.78 is 5.54. The highest BCUT2D eigenvalue weighted by molar-refractivity contribution is 6.30. The van der Waals surface area contributed by atoms with Gasteiger partial charge in [-0.3, -0.25) is 4.79 Å². The largest absolute Gasteiger partial charge is 0.492 e. The minimum atomic E-state index is -0.180. The molecular weight excluding hydrogens is 264 g/mol. The van der Waals surface area contributed by atoms with Gasteiger partial charge in [-0.1, -0.05) is 18.5 Å². The van der Waals surface area contributed by atoms with Crippen LogP contribution in [0.25, 0.3) is 0 Å². The summed E-state index contributed by atoms with van der Waals surface area (Å²) in [6, 6.07) is 6.99. The van der Waals surface area contributed by atoms with Gasteiger partial charge in [-0.2, -0.15) is 0 Å². The Balaban J connectivity index is 2.36. The molecule has 0 aliphatic heterocycles. The Hall–Kier alpha value is -1.26. The summed E-state index contributed by atoms with van der Waals surface area (Å²) in [5.41, 5.74) is 5.72. The standard InChI is InChI=1S/C14H21ClN2O2/c1-10(11(2)16)14(18)17(3)8-9-19-13-6-4-12(15)5-7-13/h4-7,10-11H,8-9,16H2,1-3H3. The van der Waals surface area contributed by atoms with E-state index in [2.05, 4.69) is 0 Å². The van der Waals surface area contributed by atoms with Crippen LogP contribution in [0.4, 0.5) is 0 Å². The van der Waals surface area contributed by atoms with Gasteiger partial charge in [-0.25, -0.2) is 0 Å². The van der Waals surface area contributed by atoms with Crippen LogP contribution in [0.3, 0.4) is 0 Å². The van der Waals surface area contributed by atoms with E-state index in [9.17, 15) is 4.79 Å². The number of amides is 1. The van der Waals surface area contributed by atoms with Gasteiger partial charge in [0.25, 0.3) is 0 Å². The molecule has 0 saturated heterocycles. The van der Waals surface area contributed by atoms with Crippen molar-refractivity contribution in [3.05, 3.63) is 29.3 Å². The van der Waals surface area contributed by atoms with Crippen LogP contribution in [0.1, 0.15) is 13.8 Å². The minimum Gasteiger partial charge on any atom is -0.492 e. The summed E-state index contributed by atoms with van der Waals surface area (Å²) in [5, 5.41) is 0.672. The van der Waals surface area contributed by atoms with E-state index in [-0.39, 0.29) is 17.9 Å². The minimum absolute atomic E-state index is 0.0368. The van der Waals surface area contributed by atoms with E-state index in [0.29, 0.717) is 18.2 Å². The summed E-state index contributed by atoms with van der Waals surface area (Å²) in [5.74, 6) is 0.598. The Kier molecular flexibility index (Phi) is 6.12. The molecule has 1 aromatic rings. The Morgan fingerprint density at radius 3 is 2.47 bits per heavy atom. The molecule has 0 spiro atoms. The lowest BCUT2D eigenvalue weighted by Gasteiger charge is -2.23. The molecule has 0 aromatic heterocycles. The second kappa shape index (κ2) is 7.36. The van der Waals surface area contributed by atoms with Crippen LogP contribution in [0.5, 0.6) is 5.75 Å². The number of halogens is 1. The van der Waals surface area contributed by atoms with E-state index in [4.69, 9.17) is 22.1 Å². The van der Waals surface area contributed by atoms with Crippen molar-refractivity contribution in [2.45, 2.75) is 19.9 Å².